The molecule has 0 fully saturated rings. The normalized spacial score (nSPS) is 15.9. The summed E-state index contributed by atoms with van der Waals surface area (Å²) < 4.78 is 58.7. The van der Waals surface area contributed by atoms with Crippen LogP contribution in [0.4, 0.5) is 13.2 Å². The highest BCUT2D eigenvalue weighted by Crippen LogP contribution is 2.20. The van der Waals surface area contributed by atoms with E-state index in [1.807, 2.05) is 0 Å². The molecule has 8 heteroatoms. The summed E-state index contributed by atoms with van der Waals surface area (Å²) in [5.74, 6) is 0. The Bertz CT molecular complexity index is 206. The molecule has 0 amide bonds. The summed E-state index contributed by atoms with van der Waals surface area (Å²) in [7, 11) is -5.86. The van der Waals surface area contributed by atoms with Gasteiger partial charge in [-0.2, -0.15) is 13.2 Å². The van der Waals surface area contributed by atoms with Crippen LogP contribution in [0.3, 0.4) is 0 Å². The molecule has 0 aromatic carbocycles. The second kappa shape index (κ2) is 2.12. The third-order valence-electron chi connectivity index (χ3n) is 0.400. The van der Waals surface area contributed by atoms with Gasteiger partial charge in [0.05, 0.1) is 0 Å². The predicted molar refractivity (Wildman–Crippen MR) is 19.9 cm³/mol. The minimum atomic E-state index is -5.86. The van der Waals surface area contributed by atoms with Crippen molar-refractivity contribution in [3.8, 4) is 0 Å². The first kappa shape index (κ1) is 6.78. The van der Waals surface area contributed by atoms with Crippen molar-refractivity contribution in [3.05, 3.63) is 0 Å². The number of alkyl halides is 3. The SMILES string of the molecule is [2H]N(O)S(=O)(=O)C(F)(F)F. The molecule has 0 saturated carbocycles. The fourth-order valence-corrected chi connectivity index (χ4v) is 0.139. The highest BCUT2D eigenvalue weighted by molar-refractivity contribution is 7.90. The van der Waals surface area contributed by atoms with Crippen molar-refractivity contribution >= 4 is 10.0 Å². The lowest BCUT2D eigenvalue weighted by Crippen LogP contribution is -2.34. The molecule has 0 aromatic rings. The van der Waals surface area contributed by atoms with E-state index in [0.29, 0.717) is 0 Å². The summed E-state index contributed by atoms with van der Waals surface area (Å²) in [6, 6.07) is 0. The van der Waals surface area contributed by atoms with Crippen molar-refractivity contribution in [2.45, 2.75) is 5.51 Å². The van der Waals surface area contributed by atoms with Gasteiger partial charge >= 0.3 is 15.5 Å². The Morgan fingerprint density at radius 1 is 1.56 bits per heavy atom. The first-order valence-electron chi connectivity index (χ1n) is 1.93. The average molecular weight is 166 g/mol. The fraction of sp³-hybridized carbons (Fsp3) is 1.00. The average Bonchev–Trinajstić information content (AvgIpc) is 1.62. The molecular formula is CH2F3NO3S. The zero-order valence-electron chi connectivity index (χ0n) is 4.75. The zero-order chi connectivity index (χ0) is 8.58. The van der Waals surface area contributed by atoms with Crippen LogP contribution < -0.4 is 4.88 Å². The molecule has 0 aliphatic heterocycles. The Kier molecular flexibility index (Phi) is 1.60. The molecule has 0 aromatic heterocycles. The molecule has 56 valence electrons. The lowest BCUT2D eigenvalue weighted by Gasteiger charge is -2.02. The van der Waals surface area contributed by atoms with Crippen LogP contribution in [0.5, 0.6) is 0 Å². The Hall–Kier alpha value is -0.340. The lowest BCUT2D eigenvalue weighted by atomic mass is 11.6. The highest BCUT2D eigenvalue weighted by Gasteiger charge is 2.45. The zero-order valence-corrected chi connectivity index (χ0v) is 4.57. The van der Waals surface area contributed by atoms with E-state index in [-0.39, 0.29) is 0 Å². The van der Waals surface area contributed by atoms with Crippen LogP contribution in [0.2, 0.25) is 1.41 Å². The van der Waals surface area contributed by atoms with Crippen LogP contribution in [0.25, 0.3) is 0 Å². The monoisotopic (exact) mass is 166 g/mol. The Balaban J connectivity index is 4.79. The maximum absolute atomic E-state index is 11.2. The van der Waals surface area contributed by atoms with Gasteiger partial charge in [0.2, 0.25) is 0 Å². The van der Waals surface area contributed by atoms with E-state index in [1.165, 1.54) is 0 Å². The van der Waals surface area contributed by atoms with Gasteiger partial charge in [-0.15, -0.1) is 0 Å². The quantitative estimate of drug-likeness (QED) is 0.531. The Morgan fingerprint density at radius 3 is 1.89 bits per heavy atom. The second-order valence-electron chi connectivity index (χ2n) is 1.00. The fourth-order valence-electron chi connectivity index (χ4n) is 0.0463. The maximum atomic E-state index is 11.2. The van der Waals surface area contributed by atoms with E-state index in [4.69, 9.17) is 6.62 Å². The summed E-state index contributed by atoms with van der Waals surface area (Å²) in [5, 5.41) is 7.61. The standard InChI is InChI=1S/CH2F3NO3S/c2-1(3,4)9(7,8)5-6/h5-6H/i/hD. The van der Waals surface area contributed by atoms with E-state index in [2.05, 4.69) is 0 Å². The van der Waals surface area contributed by atoms with Gasteiger partial charge in [0, 0.05) is 0 Å². The summed E-state index contributed by atoms with van der Waals surface area (Å²) in [5.41, 5.74) is -5.62. The van der Waals surface area contributed by atoms with E-state index in [0.717, 1.165) is 0 Å². The summed E-state index contributed by atoms with van der Waals surface area (Å²) in [6.45, 7) is 0. The number of rotatable bonds is 1. The molecule has 0 aliphatic rings. The van der Waals surface area contributed by atoms with Crippen molar-refractivity contribution in [3.63, 3.8) is 0 Å². The van der Waals surface area contributed by atoms with Crippen molar-refractivity contribution in [1.82, 2.24) is 4.88 Å². The molecule has 0 spiro atoms. The molecule has 4 nitrogen and oxygen atoms in total. The van der Waals surface area contributed by atoms with Gasteiger partial charge in [0.25, 0.3) is 0 Å². The molecule has 0 unspecified atom stereocenters. The van der Waals surface area contributed by atoms with Gasteiger partial charge in [-0.05, 0) is 0 Å². The molecule has 0 radical (unpaired) electrons. The van der Waals surface area contributed by atoms with Crippen molar-refractivity contribution in [2.24, 2.45) is 0 Å². The van der Waals surface area contributed by atoms with Crippen LogP contribution in [-0.2, 0) is 10.0 Å². The van der Waals surface area contributed by atoms with Crippen LogP contribution in [-0.4, -0.2) is 19.1 Å². The number of halogens is 3. The first-order chi connectivity index (χ1) is 4.19. The van der Waals surface area contributed by atoms with Crippen LogP contribution >= 0.6 is 0 Å². The Labute approximate surface area is 49.8 Å². The molecule has 0 saturated heterocycles. The summed E-state index contributed by atoms with van der Waals surface area (Å²) >= 11 is 0. The van der Waals surface area contributed by atoms with Gasteiger partial charge in [0.1, 0.15) is 0 Å². The van der Waals surface area contributed by atoms with Gasteiger partial charge < -0.3 is 5.21 Å². The van der Waals surface area contributed by atoms with Crippen molar-refractivity contribution < 1.29 is 28.2 Å². The maximum Gasteiger partial charge on any atom is 0.513 e. The molecule has 0 aliphatic carbocycles. The number of nitrogens with one attached hydrogen (secondary N) is 1. The summed E-state index contributed by atoms with van der Waals surface area (Å²) in [4.78, 5) is -1.63. The number of hydrogen-bond donors (Lipinski definition) is 2. The van der Waals surface area contributed by atoms with E-state index in [9.17, 15) is 21.6 Å². The van der Waals surface area contributed by atoms with Crippen molar-refractivity contribution in [1.29, 1.82) is 0 Å². The van der Waals surface area contributed by atoms with E-state index < -0.39 is 20.4 Å². The van der Waals surface area contributed by atoms with E-state index in [1.54, 1.807) is 0 Å². The van der Waals surface area contributed by atoms with Crippen LogP contribution in [0.1, 0.15) is 0 Å². The van der Waals surface area contributed by atoms with Gasteiger partial charge in [-0.25, -0.2) is 8.42 Å². The number of sulfonamides is 1. The van der Waals surface area contributed by atoms with E-state index >= 15 is 0 Å². The van der Waals surface area contributed by atoms with Gasteiger partial charge in [-0.1, -0.05) is 4.88 Å². The molecule has 0 rings (SSSR count). The third-order valence-corrected chi connectivity index (χ3v) is 1.20. The van der Waals surface area contributed by atoms with Crippen molar-refractivity contribution in [2.75, 3.05) is 0 Å². The molecule has 0 heterocycles. The molecule has 0 atom stereocenters. The number of hydrogen-bond acceptors (Lipinski definition) is 3. The lowest BCUT2D eigenvalue weighted by molar-refractivity contribution is -0.0484. The molecular weight excluding hydrogens is 163 g/mol. The second-order valence-corrected chi connectivity index (χ2v) is 2.58. The minimum Gasteiger partial charge on any atom is -0.302 e. The van der Waals surface area contributed by atoms with Gasteiger partial charge in [0.15, 0.2) is 1.41 Å². The molecule has 2 N–H and O–H groups in total. The first-order valence-corrected chi connectivity index (χ1v) is 2.93. The molecule has 0 bridgehead atoms. The summed E-state index contributed by atoms with van der Waals surface area (Å²) in [6.07, 6.45) is 0. The van der Waals surface area contributed by atoms with Crippen LogP contribution in [0.15, 0.2) is 0 Å². The minimum absolute atomic E-state index is 1.63. The van der Waals surface area contributed by atoms with Gasteiger partial charge in [-0.3, -0.25) is 0 Å². The smallest absolute Gasteiger partial charge is 0.302 e. The van der Waals surface area contributed by atoms with Crippen LogP contribution in [0, 0.1) is 0 Å². The Morgan fingerprint density at radius 2 is 1.89 bits per heavy atom. The highest BCUT2D eigenvalue weighted by atomic mass is 32.2. The largest absolute Gasteiger partial charge is 0.513 e. The topological polar surface area (TPSA) is 66.4 Å². The predicted octanol–water partition coefficient (Wildman–Crippen LogP) is -0.185. The molecule has 9 heavy (non-hydrogen) atoms. The third kappa shape index (κ3) is 1.80.